The Balaban J connectivity index is 1.64. The van der Waals surface area contributed by atoms with Crippen LogP contribution in [0.15, 0.2) is 55.1 Å². The van der Waals surface area contributed by atoms with Crippen LogP contribution >= 0.6 is 0 Å². The largest absolute Gasteiger partial charge is 0.379 e. The van der Waals surface area contributed by atoms with Crippen molar-refractivity contribution in [1.29, 1.82) is 0 Å². The lowest BCUT2D eigenvalue weighted by Crippen LogP contribution is -2.20. The molecule has 2 aromatic heterocycles. The number of imidazole rings is 1. The molecule has 0 amide bonds. The second-order valence-corrected chi connectivity index (χ2v) is 6.21. The zero-order chi connectivity index (χ0) is 17.2. The van der Waals surface area contributed by atoms with Crippen LogP contribution in [0.2, 0.25) is 0 Å². The Bertz CT molecular complexity index is 866. The van der Waals surface area contributed by atoms with Gasteiger partial charge >= 0.3 is 0 Å². The first kappa shape index (κ1) is 15.9. The number of ether oxygens (including phenoxy) is 1. The fourth-order valence-electron chi connectivity index (χ4n) is 3.37. The fraction of sp³-hybridized carbons (Fsp3) is 0.263. The molecule has 0 saturated carbocycles. The first-order valence-corrected chi connectivity index (χ1v) is 8.17. The van der Waals surface area contributed by atoms with Gasteiger partial charge in [0.1, 0.15) is 17.5 Å². The summed E-state index contributed by atoms with van der Waals surface area (Å²) >= 11 is 0. The van der Waals surface area contributed by atoms with Crippen LogP contribution in [0.4, 0.5) is 8.78 Å². The SMILES string of the molecule is Fc1ccc(-c2nccn2[C@@H]2COC[C@H]2Cc2ccncc2)c(F)c1. The molecular weight excluding hydrogens is 324 g/mol. The third-order valence-electron chi connectivity index (χ3n) is 4.61. The molecule has 4 rings (SSSR count). The highest BCUT2D eigenvalue weighted by Gasteiger charge is 2.31. The zero-order valence-corrected chi connectivity index (χ0v) is 13.5. The van der Waals surface area contributed by atoms with Gasteiger partial charge in [0.25, 0.3) is 0 Å². The minimum Gasteiger partial charge on any atom is -0.379 e. The average molecular weight is 341 g/mol. The summed E-state index contributed by atoms with van der Waals surface area (Å²) in [5, 5.41) is 0. The van der Waals surface area contributed by atoms with Crippen LogP contribution in [0.3, 0.4) is 0 Å². The van der Waals surface area contributed by atoms with Gasteiger partial charge in [0.05, 0.1) is 24.8 Å². The number of aromatic nitrogens is 3. The Morgan fingerprint density at radius 3 is 2.72 bits per heavy atom. The summed E-state index contributed by atoms with van der Waals surface area (Å²) in [6.07, 6.45) is 7.86. The zero-order valence-electron chi connectivity index (χ0n) is 13.5. The summed E-state index contributed by atoms with van der Waals surface area (Å²) < 4.78 is 35.0. The fourth-order valence-corrected chi connectivity index (χ4v) is 3.37. The van der Waals surface area contributed by atoms with E-state index in [-0.39, 0.29) is 12.0 Å². The smallest absolute Gasteiger partial charge is 0.143 e. The highest BCUT2D eigenvalue weighted by molar-refractivity contribution is 5.56. The van der Waals surface area contributed by atoms with Gasteiger partial charge < -0.3 is 9.30 Å². The molecule has 0 unspecified atom stereocenters. The maximum Gasteiger partial charge on any atom is 0.143 e. The number of rotatable bonds is 4. The van der Waals surface area contributed by atoms with E-state index in [2.05, 4.69) is 9.97 Å². The number of halogens is 2. The maximum atomic E-state index is 14.2. The summed E-state index contributed by atoms with van der Waals surface area (Å²) in [5.74, 6) is -0.470. The second kappa shape index (κ2) is 6.72. The Labute approximate surface area is 144 Å². The molecule has 3 heterocycles. The standard InChI is InChI=1S/C19H17F2N3O/c20-15-1-2-16(17(21)10-15)19-23-7-8-24(19)18-12-25-11-14(18)9-13-3-5-22-6-4-13/h1-8,10,14,18H,9,11-12H2/t14-,18-/m1/s1. The van der Waals surface area contributed by atoms with Crippen LogP contribution in [-0.4, -0.2) is 27.7 Å². The van der Waals surface area contributed by atoms with Gasteiger partial charge in [-0.05, 0) is 36.2 Å². The molecular formula is C19H17F2N3O. The van der Waals surface area contributed by atoms with E-state index in [4.69, 9.17) is 4.74 Å². The normalized spacial score (nSPS) is 20.1. The van der Waals surface area contributed by atoms with E-state index in [0.29, 0.717) is 24.6 Å². The Kier molecular flexibility index (Phi) is 4.28. The van der Waals surface area contributed by atoms with E-state index >= 15 is 0 Å². The van der Waals surface area contributed by atoms with Gasteiger partial charge in [-0.15, -0.1) is 0 Å². The minimum atomic E-state index is -0.614. The lowest BCUT2D eigenvalue weighted by atomic mass is 9.95. The monoisotopic (exact) mass is 341 g/mol. The maximum absolute atomic E-state index is 14.2. The molecule has 4 nitrogen and oxygen atoms in total. The quantitative estimate of drug-likeness (QED) is 0.727. The van der Waals surface area contributed by atoms with Crippen molar-refractivity contribution >= 4 is 0 Å². The molecule has 128 valence electrons. The molecule has 3 aromatic rings. The molecule has 0 radical (unpaired) electrons. The second-order valence-electron chi connectivity index (χ2n) is 6.21. The van der Waals surface area contributed by atoms with Gasteiger partial charge in [0.15, 0.2) is 0 Å². The highest BCUT2D eigenvalue weighted by Crippen LogP contribution is 2.33. The Hall–Kier alpha value is -2.60. The van der Waals surface area contributed by atoms with E-state index in [1.165, 1.54) is 17.7 Å². The van der Waals surface area contributed by atoms with Crippen molar-refractivity contribution in [2.75, 3.05) is 13.2 Å². The molecule has 0 N–H and O–H groups in total. The predicted octanol–water partition coefficient (Wildman–Crippen LogP) is 3.65. The number of hydrogen-bond donors (Lipinski definition) is 0. The molecule has 0 aliphatic carbocycles. The molecule has 0 bridgehead atoms. The summed E-state index contributed by atoms with van der Waals surface area (Å²) in [6, 6.07) is 7.59. The van der Waals surface area contributed by atoms with E-state index in [0.717, 1.165) is 12.5 Å². The lowest BCUT2D eigenvalue weighted by molar-refractivity contribution is 0.181. The summed E-state index contributed by atoms with van der Waals surface area (Å²) in [6.45, 7) is 1.18. The van der Waals surface area contributed by atoms with Gasteiger partial charge in [-0.25, -0.2) is 13.8 Å². The van der Waals surface area contributed by atoms with Crippen LogP contribution in [0.1, 0.15) is 11.6 Å². The topological polar surface area (TPSA) is 39.9 Å². The molecule has 2 atom stereocenters. The summed E-state index contributed by atoms with van der Waals surface area (Å²) in [5.41, 5.74) is 1.48. The van der Waals surface area contributed by atoms with Crippen molar-refractivity contribution in [1.82, 2.24) is 14.5 Å². The number of hydrogen-bond acceptors (Lipinski definition) is 3. The molecule has 0 spiro atoms. The van der Waals surface area contributed by atoms with Crippen LogP contribution in [-0.2, 0) is 11.2 Å². The van der Waals surface area contributed by atoms with Gasteiger partial charge in [-0.2, -0.15) is 0 Å². The van der Waals surface area contributed by atoms with Crippen LogP contribution in [0.5, 0.6) is 0 Å². The number of nitrogens with zero attached hydrogens (tertiary/aromatic N) is 3. The average Bonchev–Trinajstić information content (AvgIpc) is 3.25. The number of benzene rings is 1. The Morgan fingerprint density at radius 2 is 1.92 bits per heavy atom. The molecule has 1 saturated heterocycles. The van der Waals surface area contributed by atoms with Crippen LogP contribution in [0, 0.1) is 17.6 Å². The van der Waals surface area contributed by atoms with Crippen molar-refractivity contribution in [3.05, 3.63) is 72.3 Å². The van der Waals surface area contributed by atoms with Crippen molar-refractivity contribution in [2.24, 2.45) is 5.92 Å². The third-order valence-corrected chi connectivity index (χ3v) is 4.61. The summed E-state index contributed by atoms with van der Waals surface area (Å²) in [4.78, 5) is 8.34. The molecule has 1 aliphatic heterocycles. The van der Waals surface area contributed by atoms with Gasteiger partial charge in [-0.1, -0.05) is 0 Å². The minimum absolute atomic E-state index is 0.0510. The van der Waals surface area contributed by atoms with Crippen LogP contribution < -0.4 is 0 Å². The van der Waals surface area contributed by atoms with E-state index in [1.807, 2.05) is 22.9 Å². The summed E-state index contributed by atoms with van der Waals surface area (Å²) in [7, 11) is 0. The molecule has 6 heteroatoms. The van der Waals surface area contributed by atoms with Gasteiger partial charge in [0.2, 0.25) is 0 Å². The predicted molar refractivity (Wildman–Crippen MR) is 88.9 cm³/mol. The molecule has 25 heavy (non-hydrogen) atoms. The van der Waals surface area contributed by atoms with E-state index in [1.54, 1.807) is 18.6 Å². The van der Waals surface area contributed by atoms with Crippen molar-refractivity contribution in [3.63, 3.8) is 0 Å². The molecule has 1 aliphatic rings. The van der Waals surface area contributed by atoms with E-state index in [9.17, 15) is 8.78 Å². The number of pyridine rings is 1. The molecule has 1 fully saturated rings. The Morgan fingerprint density at radius 1 is 1.08 bits per heavy atom. The first-order valence-electron chi connectivity index (χ1n) is 8.17. The van der Waals surface area contributed by atoms with Gasteiger partial charge in [-0.3, -0.25) is 4.98 Å². The van der Waals surface area contributed by atoms with Gasteiger partial charge in [0, 0.05) is 36.8 Å². The highest BCUT2D eigenvalue weighted by atomic mass is 19.1. The lowest BCUT2D eigenvalue weighted by Gasteiger charge is -2.21. The molecule has 1 aromatic carbocycles. The van der Waals surface area contributed by atoms with Crippen molar-refractivity contribution in [2.45, 2.75) is 12.5 Å². The van der Waals surface area contributed by atoms with E-state index < -0.39 is 11.6 Å². The first-order chi connectivity index (χ1) is 12.2. The van der Waals surface area contributed by atoms with Crippen LogP contribution in [0.25, 0.3) is 11.4 Å². The van der Waals surface area contributed by atoms with Crippen molar-refractivity contribution in [3.8, 4) is 11.4 Å². The third kappa shape index (κ3) is 3.17. The van der Waals surface area contributed by atoms with Crippen molar-refractivity contribution < 1.29 is 13.5 Å².